The van der Waals surface area contributed by atoms with Gasteiger partial charge in [0.25, 0.3) is 0 Å². The Hall–Kier alpha value is -1.13. The van der Waals surface area contributed by atoms with Gasteiger partial charge in [0, 0.05) is 35.5 Å². The van der Waals surface area contributed by atoms with Crippen LogP contribution in [0, 0.1) is 17.7 Å². The first kappa shape index (κ1) is 14.8. The summed E-state index contributed by atoms with van der Waals surface area (Å²) in [5.41, 5.74) is 6.18. The minimum absolute atomic E-state index is 0.0570. The van der Waals surface area contributed by atoms with Gasteiger partial charge in [-0.25, -0.2) is 4.39 Å². The van der Waals surface area contributed by atoms with Crippen LogP contribution in [0.2, 0.25) is 5.02 Å². The summed E-state index contributed by atoms with van der Waals surface area (Å²) >= 11 is 6.08. The van der Waals surface area contributed by atoms with Crippen LogP contribution in [-0.2, 0) is 4.79 Å². The summed E-state index contributed by atoms with van der Waals surface area (Å²) < 4.78 is 13.9. The van der Waals surface area contributed by atoms with Crippen molar-refractivity contribution in [1.29, 1.82) is 0 Å². The SMILES string of the molecule is NCC1CCN(C(=O)[C@@H]2C[C@H]2c2c(F)cccc2Cl)CC1. The van der Waals surface area contributed by atoms with E-state index in [0.717, 1.165) is 25.9 Å². The van der Waals surface area contributed by atoms with Crippen LogP contribution in [0.5, 0.6) is 0 Å². The molecule has 3 rings (SSSR count). The van der Waals surface area contributed by atoms with Crippen molar-refractivity contribution in [3.05, 3.63) is 34.6 Å². The number of benzene rings is 1. The highest BCUT2D eigenvalue weighted by molar-refractivity contribution is 6.31. The largest absolute Gasteiger partial charge is 0.342 e. The number of hydrogen-bond donors (Lipinski definition) is 1. The number of likely N-dealkylation sites (tertiary alicyclic amines) is 1. The first-order valence-corrected chi connectivity index (χ1v) is 7.92. The van der Waals surface area contributed by atoms with E-state index in [1.807, 2.05) is 4.90 Å². The minimum atomic E-state index is -0.301. The van der Waals surface area contributed by atoms with E-state index in [2.05, 4.69) is 0 Å². The maximum absolute atomic E-state index is 13.9. The molecule has 114 valence electrons. The molecule has 1 aliphatic heterocycles. The van der Waals surface area contributed by atoms with Crippen molar-refractivity contribution in [3.63, 3.8) is 0 Å². The highest BCUT2D eigenvalue weighted by Gasteiger charge is 2.48. The van der Waals surface area contributed by atoms with E-state index in [9.17, 15) is 9.18 Å². The summed E-state index contributed by atoms with van der Waals surface area (Å²) in [4.78, 5) is 14.4. The molecule has 1 saturated heterocycles. The minimum Gasteiger partial charge on any atom is -0.342 e. The Labute approximate surface area is 129 Å². The molecule has 3 nitrogen and oxygen atoms in total. The highest BCUT2D eigenvalue weighted by atomic mass is 35.5. The summed E-state index contributed by atoms with van der Waals surface area (Å²) in [6, 6.07) is 4.69. The topological polar surface area (TPSA) is 46.3 Å². The number of rotatable bonds is 3. The lowest BCUT2D eigenvalue weighted by atomic mass is 9.96. The Morgan fingerprint density at radius 2 is 2.10 bits per heavy atom. The summed E-state index contributed by atoms with van der Waals surface area (Å²) in [6.45, 7) is 2.24. The van der Waals surface area contributed by atoms with E-state index < -0.39 is 0 Å². The Balaban J connectivity index is 1.64. The van der Waals surface area contributed by atoms with Gasteiger partial charge >= 0.3 is 0 Å². The normalized spacial score (nSPS) is 26.0. The van der Waals surface area contributed by atoms with Gasteiger partial charge in [-0.15, -0.1) is 0 Å². The van der Waals surface area contributed by atoms with Gasteiger partial charge in [-0.1, -0.05) is 17.7 Å². The van der Waals surface area contributed by atoms with Crippen LogP contribution in [-0.4, -0.2) is 30.4 Å². The van der Waals surface area contributed by atoms with Crippen LogP contribution in [0.15, 0.2) is 18.2 Å². The molecule has 21 heavy (non-hydrogen) atoms. The third kappa shape index (κ3) is 2.92. The first-order valence-electron chi connectivity index (χ1n) is 7.54. The molecule has 1 aliphatic carbocycles. The molecule has 2 fully saturated rings. The van der Waals surface area contributed by atoms with Crippen molar-refractivity contribution in [2.75, 3.05) is 19.6 Å². The third-order valence-electron chi connectivity index (χ3n) is 4.74. The molecule has 2 N–H and O–H groups in total. The van der Waals surface area contributed by atoms with E-state index in [0.29, 0.717) is 29.5 Å². The maximum atomic E-state index is 13.9. The zero-order valence-corrected chi connectivity index (χ0v) is 12.7. The molecule has 0 bridgehead atoms. The van der Waals surface area contributed by atoms with Gasteiger partial charge in [-0.3, -0.25) is 4.79 Å². The van der Waals surface area contributed by atoms with Gasteiger partial charge in [0.15, 0.2) is 0 Å². The summed E-state index contributed by atoms with van der Waals surface area (Å²) in [5, 5.41) is 0.428. The maximum Gasteiger partial charge on any atom is 0.226 e. The van der Waals surface area contributed by atoms with E-state index in [-0.39, 0.29) is 23.6 Å². The van der Waals surface area contributed by atoms with Crippen molar-refractivity contribution in [3.8, 4) is 0 Å². The monoisotopic (exact) mass is 310 g/mol. The number of nitrogens with zero attached hydrogens (tertiary/aromatic N) is 1. The molecule has 0 unspecified atom stereocenters. The Kier molecular flexibility index (Phi) is 4.18. The van der Waals surface area contributed by atoms with E-state index in [1.54, 1.807) is 12.1 Å². The van der Waals surface area contributed by atoms with Crippen molar-refractivity contribution < 1.29 is 9.18 Å². The standard InChI is InChI=1S/C16H20ClFN2O/c17-13-2-1-3-14(18)15(13)11-8-12(11)16(21)20-6-4-10(9-19)5-7-20/h1-3,10-12H,4-9,19H2/t11-,12-/m1/s1. The molecule has 1 aromatic carbocycles. The number of piperidine rings is 1. The van der Waals surface area contributed by atoms with Gasteiger partial charge < -0.3 is 10.6 Å². The molecule has 1 heterocycles. The van der Waals surface area contributed by atoms with Gasteiger partial charge in [-0.05, 0) is 43.9 Å². The quantitative estimate of drug-likeness (QED) is 0.933. The average molecular weight is 311 g/mol. The van der Waals surface area contributed by atoms with Crippen molar-refractivity contribution in [2.24, 2.45) is 17.6 Å². The lowest BCUT2D eigenvalue weighted by Gasteiger charge is -2.31. The molecular weight excluding hydrogens is 291 g/mol. The summed E-state index contributed by atoms with van der Waals surface area (Å²) in [7, 11) is 0. The van der Waals surface area contributed by atoms with Crippen LogP contribution in [0.4, 0.5) is 4.39 Å². The Bertz CT molecular complexity index is 523. The van der Waals surface area contributed by atoms with Gasteiger partial charge in [-0.2, -0.15) is 0 Å². The van der Waals surface area contributed by atoms with E-state index >= 15 is 0 Å². The highest BCUT2D eigenvalue weighted by Crippen LogP contribution is 2.51. The van der Waals surface area contributed by atoms with Gasteiger partial charge in [0.05, 0.1) is 0 Å². The zero-order chi connectivity index (χ0) is 15.0. The number of halogens is 2. The average Bonchev–Trinajstić information content (AvgIpc) is 3.27. The van der Waals surface area contributed by atoms with Crippen LogP contribution in [0.25, 0.3) is 0 Å². The third-order valence-corrected chi connectivity index (χ3v) is 5.07. The van der Waals surface area contributed by atoms with Crippen molar-refractivity contribution >= 4 is 17.5 Å². The zero-order valence-electron chi connectivity index (χ0n) is 11.9. The predicted molar refractivity (Wildman–Crippen MR) is 80.6 cm³/mol. The fourth-order valence-electron chi connectivity index (χ4n) is 3.28. The summed E-state index contributed by atoms with van der Waals surface area (Å²) in [5.74, 6) is 0.219. The lowest BCUT2D eigenvalue weighted by Crippen LogP contribution is -2.41. The lowest BCUT2D eigenvalue weighted by molar-refractivity contribution is -0.134. The van der Waals surface area contributed by atoms with Crippen molar-refractivity contribution in [1.82, 2.24) is 4.90 Å². The molecular formula is C16H20ClFN2O. The second-order valence-electron chi connectivity index (χ2n) is 6.09. The fourth-order valence-corrected chi connectivity index (χ4v) is 3.58. The molecule has 0 aromatic heterocycles. The van der Waals surface area contributed by atoms with E-state index in [4.69, 9.17) is 17.3 Å². The fraction of sp³-hybridized carbons (Fsp3) is 0.562. The molecule has 1 amide bonds. The van der Waals surface area contributed by atoms with Crippen LogP contribution >= 0.6 is 11.6 Å². The predicted octanol–water partition coefficient (Wildman–Crippen LogP) is 2.78. The molecule has 1 saturated carbocycles. The molecule has 0 spiro atoms. The number of carbonyl (C=O) groups is 1. The van der Waals surface area contributed by atoms with Crippen LogP contribution in [0.1, 0.15) is 30.7 Å². The van der Waals surface area contributed by atoms with E-state index in [1.165, 1.54) is 6.07 Å². The van der Waals surface area contributed by atoms with Gasteiger partial charge in [0.2, 0.25) is 5.91 Å². The number of amides is 1. The Morgan fingerprint density at radius 3 is 2.71 bits per heavy atom. The second kappa shape index (κ2) is 5.93. The van der Waals surface area contributed by atoms with Crippen LogP contribution < -0.4 is 5.73 Å². The molecule has 2 aliphatic rings. The molecule has 2 atom stereocenters. The van der Waals surface area contributed by atoms with Crippen molar-refractivity contribution in [2.45, 2.75) is 25.2 Å². The Morgan fingerprint density at radius 1 is 1.38 bits per heavy atom. The van der Waals surface area contributed by atoms with Crippen LogP contribution in [0.3, 0.4) is 0 Å². The first-order chi connectivity index (χ1) is 10.1. The molecule has 1 aromatic rings. The molecule has 5 heteroatoms. The van der Waals surface area contributed by atoms with Gasteiger partial charge in [0.1, 0.15) is 5.82 Å². The smallest absolute Gasteiger partial charge is 0.226 e. The molecule has 0 radical (unpaired) electrons. The number of carbonyl (C=O) groups excluding carboxylic acids is 1. The summed E-state index contributed by atoms with van der Waals surface area (Å²) in [6.07, 6.45) is 2.65. The number of hydrogen-bond acceptors (Lipinski definition) is 2. The number of nitrogens with two attached hydrogens (primary N) is 1. The second-order valence-corrected chi connectivity index (χ2v) is 6.50.